The van der Waals surface area contributed by atoms with E-state index < -0.39 is 5.97 Å². The van der Waals surface area contributed by atoms with Crippen LogP contribution >= 0.6 is 0 Å². The second kappa shape index (κ2) is 7.47. The fourth-order valence-corrected chi connectivity index (χ4v) is 2.71. The quantitative estimate of drug-likeness (QED) is 0.835. The Morgan fingerprint density at radius 2 is 1.88 bits per heavy atom. The lowest BCUT2D eigenvalue weighted by Crippen LogP contribution is -2.31. The molecular formula is C20H21NO5. The van der Waals surface area contributed by atoms with E-state index in [0.29, 0.717) is 17.1 Å². The van der Waals surface area contributed by atoms with Gasteiger partial charge in [-0.05, 0) is 50.1 Å². The minimum absolute atomic E-state index is 0.202. The maximum atomic E-state index is 12.2. The van der Waals surface area contributed by atoms with Crippen LogP contribution in [0.5, 0.6) is 11.5 Å². The Morgan fingerprint density at radius 3 is 2.69 bits per heavy atom. The van der Waals surface area contributed by atoms with Crippen LogP contribution in [0.1, 0.15) is 40.0 Å². The van der Waals surface area contributed by atoms with Gasteiger partial charge in [0.25, 0.3) is 5.91 Å². The molecule has 2 aromatic rings. The highest BCUT2D eigenvalue weighted by Crippen LogP contribution is 2.34. The van der Waals surface area contributed by atoms with Gasteiger partial charge in [-0.1, -0.05) is 23.8 Å². The number of hydrogen-bond donors (Lipinski definition) is 1. The molecule has 1 amide bonds. The van der Waals surface area contributed by atoms with Crippen molar-refractivity contribution in [3.8, 4) is 11.5 Å². The van der Waals surface area contributed by atoms with E-state index in [1.807, 2.05) is 45.0 Å². The number of esters is 1. The third kappa shape index (κ3) is 3.96. The van der Waals surface area contributed by atoms with Crippen LogP contribution in [0.3, 0.4) is 0 Å². The Balaban J connectivity index is 1.55. The number of rotatable bonds is 5. The topological polar surface area (TPSA) is 73.9 Å². The highest BCUT2D eigenvalue weighted by Gasteiger charge is 2.18. The van der Waals surface area contributed by atoms with Gasteiger partial charge in [-0.15, -0.1) is 0 Å². The first kappa shape index (κ1) is 17.8. The molecule has 0 spiro atoms. The summed E-state index contributed by atoms with van der Waals surface area (Å²) in [7, 11) is 0. The molecule has 1 N–H and O–H groups in total. The molecule has 0 saturated heterocycles. The number of fused-ring (bicyclic) bond motifs is 1. The van der Waals surface area contributed by atoms with Crippen LogP contribution < -0.4 is 14.8 Å². The molecule has 0 saturated carbocycles. The summed E-state index contributed by atoms with van der Waals surface area (Å²) in [5, 5.41) is 2.81. The van der Waals surface area contributed by atoms with Gasteiger partial charge in [0.15, 0.2) is 18.1 Å². The third-order valence-electron chi connectivity index (χ3n) is 4.22. The van der Waals surface area contributed by atoms with Crippen molar-refractivity contribution in [3.63, 3.8) is 0 Å². The van der Waals surface area contributed by atoms with Crippen molar-refractivity contribution in [2.75, 3.05) is 13.4 Å². The monoisotopic (exact) mass is 355 g/mol. The van der Waals surface area contributed by atoms with Crippen molar-refractivity contribution in [1.29, 1.82) is 0 Å². The number of benzene rings is 2. The molecule has 0 aliphatic carbocycles. The van der Waals surface area contributed by atoms with Gasteiger partial charge in [-0.3, -0.25) is 4.79 Å². The molecule has 6 nitrogen and oxygen atoms in total. The van der Waals surface area contributed by atoms with Crippen LogP contribution in [0.4, 0.5) is 0 Å². The summed E-state index contributed by atoms with van der Waals surface area (Å²) in [5.74, 6) is 0.477. The number of carbonyl (C=O) groups excluding carboxylic acids is 2. The number of ether oxygens (including phenoxy) is 3. The molecule has 1 atom stereocenters. The summed E-state index contributed by atoms with van der Waals surface area (Å²) >= 11 is 0. The van der Waals surface area contributed by atoms with Gasteiger partial charge in [0.05, 0.1) is 11.6 Å². The van der Waals surface area contributed by atoms with Crippen molar-refractivity contribution in [3.05, 3.63) is 58.7 Å². The largest absolute Gasteiger partial charge is 0.454 e. The van der Waals surface area contributed by atoms with Gasteiger partial charge in [0.2, 0.25) is 6.79 Å². The van der Waals surface area contributed by atoms with E-state index in [1.54, 1.807) is 12.1 Å². The first-order valence-corrected chi connectivity index (χ1v) is 8.37. The number of aryl methyl sites for hydroxylation is 2. The smallest absolute Gasteiger partial charge is 0.338 e. The van der Waals surface area contributed by atoms with Crippen LogP contribution in [0, 0.1) is 13.8 Å². The molecule has 1 aliphatic heterocycles. The predicted molar refractivity (Wildman–Crippen MR) is 95.3 cm³/mol. The van der Waals surface area contributed by atoms with Crippen LogP contribution in [-0.2, 0) is 9.53 Å². The molecule has 136 valence electrons. The Hall–Kier alpha value is -3.02. The molecule has 0 aromatic heterocycles. The molecule has 0 unspecified atom stereocenters. The highest BCUT2D eigenvalue weighted by molar-refractivity contribution is 5.92. The summed E-state index contributed by atoms with van der Waals surface area (Å²) in [6, 6.07) is 10.8. The van der Waals surface area contributed by atoms with E-state index in [2.05, 4.69) is 5.32 Å². The van der Waals surface area contributed by atoms with E-state index in [1.165, 1.54) is 0 Å². The molecule has 26 heavy (non-hydrogen) atoms. The molecule has 0 fully saturated rings. The maximum absolute atomic E-state index is 12.2. The van der Waals surface area contributed by atoms with Gasteiger partial charge in [0.1, 0.15) is 0 Å². The van der Waals surface area contributed by atoms with E-state index >= 15 is 0 Å². The van der Waals surface area contributed by atoms with Crippen molar-refractivity contribution >= 4 is 11.9 Å². The van der Waals surface area contributed by atoms with Crippen molar-refractivity contribution < 1.29 is 23.8 Å². The number of carbonyl (C=O) groups is 2. The fraction of sp³-hybridized carbons (Fsp3) is 0.300. The number of nitrogens with one attached hydrogen (secondary N) is 1. The third-order valence-corrected chi connectivity index (χ3v) is 4.22. The number of amides is 1. The van der Waals surface area contributed by atoms with E-state index in [-0.39, 0.29) is 25.3 Å². The second-order valence-corrected chi connectivity index (χ2v) is 6.30. The normalized spacial score (nSPS) is 13.2. The van der Waals surface area contributed by atoms with E-state index in [4.69, 9.17) is 14.2 Å². The number of hydrogen-bond acceptors (Lipinski definition) is 5. The summed E-state index contributed by atoms with van der Waals surface area (Å²) < 4.78 is 15.8. The minimum Gasteiger partial charge on any atom is -0.454 e. The molecular weight excluding hydrogens is 334 g/mol. The zero-order chi connectivity index (χ0) is 18.7. The minimum atomic E-state index is -0.503. The predicted octanol–water partition coefficient (Wildman–Crippen LogP) is 3.07. The van der Waals surface area contributed by atoms with Crippen molar-refractivity contribution in [1.82, 2.24) is 5.32 Å². The molecule has 6 heteroatoms. The van der Waals surface area contributed by atoms with Crippen molar-refractivity contribution in [2.24, 2.45) is 0 Å². The van der Waals surface area contributed by atoms with Crippen molar-refractivity contribution in [2.45, 2.75) is 26.8 Å². The second-order valence-electron chi connectivity index (χ2n) is 6.30. The SMILES string of the molecule is Cc1ccc(C)c(C(=O)OCC(=O)N[C@@H](C)c2ccc3c(c2)OCO3)c1. The maximum Gasteiger partial charge on any atom is 0.338 e. The summed E-state index contributed by atoms with van der Waals surface area (Å²) in [5.41, 5.74) is 3.13. The van der Waals surface area contributed by atoms with Gasteiger partial charge in [0, 0.05) is 0 Å². The average Bonchev–Trinajstić information content (AvgIpc) is 3.09. The molecule has 1 heterocycles. The lowest BCUT2D eigenvalue weighted by molar-refractivity contribution is -0.124. The van der Waals surface area contributed by atoms with Gasteiger partial charge in [-0.25, -0.2) is 4.79 Å². The lowest BCUT2D eigenvalue weighted by atomic mass is 10.1. The lowest BCUT2D eigenvalue weighted by Gasteiger charge is -2.15. The van der Waals surface area contributed by atoms with Crippen LogP contribution in [-0.4, -0.2) is 25.3 Å². The molecule has 2 aromatic carbocycles. The van der Waals surface area contributed by atoms with Crippen LogP contribution in [0.25, 0.3) is 0 Å². The zero-order valence-electron chi connectivity index (χ0n) is 15.0. The highest BCUT2D eigenvalue weighted by atomic mass is 16.7. The van der Waals surface area contributed by atoms with E-state index in [0.717, 1.165) is 16.7 Å². The van der Waals surface area contributed by atoms with E-state index in [9.17, 15) is 9.59 Å². The van der Waals surface area contributed by atoms with Gasteiger partial charge in [-0.2, -0.15) is 0 Å². The summed E-state index contributed by atoms with van der Waals surface area (Å²) in [4.78, 5) is 24.3. The Kier molecular flexibility index (Phi) is 5.11. The Bertz CT molecular complexity index is 846. The molecule has 1 aliphatic rings. The Morgan fingerprint density at radius 1 is 1.12 bits per heavy atom. The first-order valence-electron chi connectivity index (χ1n) is 8.37. The molecule has 0 radical (unpaired) electrons. The molecule has 0 bridgehead atoms. The zero-order valence-corrected chi connectivity index (χ0v) is 15.0. The fourth-order valence-electron chi connectivity index (χ4n) is 2.71. The van der Waals surface area contributed by atoms with Gasteiger partial charge < -0.3 is 19.5 Å². The summed E-state index contributed by atoms with van der Waals surface area (Å²) in [6.07, 6.45) is 0. The first-order chi connectivity index (χ1) is 12.4. The average molecular weight is 355 g/mol. The van der Waals surface area contributed by atoms with Crippen LogP contribution in [0.2, 0.25) is 0 Å². The molecule has 3 rings (SSSR count). The standard InChI is InChI=1S/C20H21NO5/c1-12-4-5-13(2)16(8-12)20(23)24-10-19(22)21-14(3)15-6-7-17-18(9-15)26-11-25-17/h4-9,14H,10-11H2,1-3H3,(H,21,22)/t14-/m0/s1. The summed E-state index contributed by atoms with van der Waals surface area (Å²) in [6.45, 7) is 5.45. The Labute approximate surface area is 152 Å². The van der Waals surface area contributed by atoms with Crippen LogP contribution in [0.15, 0.2) is 36.4 Å². The van der Waals surface area contributed by atoms with Gasteiger partial charge >= 0.3 is 5.97 Å².